The third-order valence-corrected chi connectivity index (χ3v) is 5.41. The summed E-state index contributed by atoms with van der Waals surface area (Å²) in [7, 11) is 0. The van der Waals surface area contributed by atoms with Crippen LogP contribution in [0.15, 0.2) is 18.2 Å². The molecule has 0 bridgehead atoms. The first-order chi connectivity index (χ1) is 10.3. The molecule has 1 aromatic heterocycles. The minimum absolute atomic E-state index is 0.646. The third-order valence-electron chi connectivity index (χ3n) is 5.41. The maximum atomic E-state index is 5.96. The number of imidazole rings is 1. The molecule has 2 fully saturated rings. The second-order valence-electron chi connectivity index (χ2n) is 6.88. The van der Waals surface area contributed by atoms with Gasteiger partial charge in [0.1, 0.15) is 5.82 Å². The molecule has 3 nitrogen and oxygen atoms in total. The average Bonchev–Trinajstić information content (AvgIpc) is 3.28. The van der Waals surface area contributed by atoms with Crippen molar-refractivity contribution in [3.05, 3.63) is 24.0 Å². The molecular formula is C18H25N3. The Kier molecular flexibility index (Phi) is 3.16. The molecule has 0 amide bonds. The third kappa shape index (κ3) is 2.23. The van der Waals surface area contributed by atoms with Gasteiger partial charge in [0, 0.05) is 17.6 Å². The zero-order valence-electron chi connectivity index (χ0n) is 12.9. The molecule has 2 atom stereocenters. The minimum Gasteiger partial charge on any atom is -0.399 e. The van der Waals surface area contributed by atoms with Crippen molar-refractivity contribution >= 4 is 16.7 Å². The summed E-state index contributed by atoms with van der Waals surface area (Å²) in [6.45, 7) is 2.34. The molecule has 1 heterocycles. The van der Waals surface area contributed by atoms with Crippen LogP contribution >= 0.6 is 0 Å². The number of rotatable bonds is 3. The van der Waals surface area contributed by atoms with E-state index in [2.05, 4.69) is 17.6 Å². The van der Waals surface area contributed by atoms with Gasteiger partial charge in [-0.15, -0.1) is 0 Å². The van der Waals surface area contributed by atoms with E-state index in [9.17, 15) is 0 Å². The molecule has 0 aliphatic heterocycles. The van der Waals surface area contributed by atoms with Crippen molar-refractivity contribution in [3.8, 4) is 0 Å². The van der Waals surface area contributed by atoms with Crippen LogP contribution in [0.4, 0.5) is 5.69 Å². The van der Waals surface area contributed by atoms with Gasteiger partial charge in [0.15, 0.2) is 0 Å². The van der Waals surface area contributed by atoms with Crippen LogP contribution < -0.4 is 5.73 Å². The lowest BCUT2D eigenvalue weighted by atomic mass is 9.82. The number of nitrogens with zero attached hydrogens (tertiary/aromatic N) is 2. The van der Waals surface area contributed by atoms with Crippen molar-refractivity contribution in [1.82, 2.24) is 9.55 Å². The van der Waals surface area contributed by atoms with Gasteiger partial charge in [-0.2, -0.15) is 0 Å². The molecule has 21 heavy (non-hydrogen) atoms. The van der Waals surface area contributed by atoms with Gasteiger partial charge in [-0.1, -0.05) is 26.2 Å². The van der Waals surface area contributed by atoms with E-state index in [4.69, 9.17) is 10.7 Å². The van der Waals surface area contributed by atoms with Crippen molar-refractivity contribution < 1.29 is 0 Å². The predicted octanol–water partition coefficient (Wildman–Crippen LogP) is 4.64. The average molecular weight is 283 g/mol. The Labute approximate surface area is 126 Å². The van der Waals surface area contributed by atoms with E-state index in [1.807, 2.05) is 12.1 Å². The quantitative estimate of drug-likeness (QED) is 0.834. The highest BCUT2D eigenvalue weighted by molar-refractivity contribution is 5.80. The van der Waals surface area contributed by atoms with E-state index >= 15 is 0 Å². The molecule has 2 aliphatic carbocycles. The Morgan fingerprint density at radius 2 is 2.00 bits per heavy atom. The lowest BCUT2D eigenvalue weighted by Gasteiger charge is -2.33. The van der Waals surface area contributed by atoms with E-state index in [-0.39, 0.29) is 0 Å². The molecule has 3 heteroatoms. The van der Waals surface area contributed by atoms with Gasteiger partial charge in [-0.25, -0.2) is 4.98 Å². The van der Waals surface area contributed by atoms with Crippen LogP contribution in [0.25, 0.3) is 11.0 Å². The van der Waals surface area contributed by atoms with E-state index < -0.39 is 0 Å². The summed E-state index contributed by atoms with van der Waals surface area (Å²) in [5.41, 5.74) is 9.18. The zero-order chi connectivity index (χ0) is 14.4. The number of hydrogen-bond acceptors (Lipinski definition) is 2. The molecule has 0 spiro atoms. The van der Waals surface area contributed by atoms with Crippen LogP contribution in [-0.4, -0.2) is 9.55 Å². The number of benzene rings is 1. The standard InChI is InChI=1S/C18H25N3/c1-2-12-5-3-4-6-16(12)21-17-10-9-14(19)11-15(17)20-18(21)13-7-8-13/h9-13,16H,2-8,19H2,1H3. The second-order valence-corrected chi connectivity index (χ2v) is 6.88. The minimum atomic E-state index is 0.646. The zero-order valence-corrected chi connectivity index (χ0v) is 12.9. The van der Waals surface area contributed by atoms with Crippen molar-refractivity contribution in [2.24, 2.45) is 5.92 Å². The molecule has 2 aliphatic rings. The number of nitrogens with two attached hydrogens (primary N) is 1. The van der Waals surface area contributed by atoms with Crippen LogP contribution in [0.2, 0.25) is 0 Å². The van der Waals surface area contributed by atoms with Crippen molar-refractivity contribution in [2.75, 3.05) is 5.73 Å². The topological polar surface area (TPSA) is 43.8 Å². The molecule has 112 valence electrons. The Morgan fingerprint density at radius 3 is 2.76 bits per heavy atom. The fourth-order valence-corrected chi connectivity index (χ4v) is 4.12. The number of anilines is 1. The van der Waals surface area contributed by atoms with Gasteiger partial charge in [-0.3, -0.25) is 0 Å². The van der Waals surface area contributed by atoms with Gasteiger partial charge < -0.3 is 10.3 Å². The van der Waals surface area contributed by atoms with Crippen molar-refractivity contribution in [3.63, 3.8) is 0 Å². The van der Waals surface area contributed by atoms with Gasteiger partial charge in [0.05, 0.1) is 11.0 Å². The van der Waals surface area contributed by atoms with Crippen LogP contribution in [0.3, 0.4) is 0 Å². The van der Waals surface area contributed by atoms with Gasteiger partial charge in [0.25, 0.3) is 0 Å². The molecule has 0 saturated heterocycles. The molecule has 2 aromatic rings. The van der Waals surface area contributed by atoms with E-state index in [1.165, 1.54) is 56.3 Å². The van der Waals surface area contributed by atoms with E-state index in [0.717, 1.165) is 17.1 Å². The number of aromatic nitrogens is 2. The smallest absolute Gasteiger partial charge is 0.113 e. The molecule has 2 unspecified atom stereocenters. The van der Waals surface area contributed by atoms with Gasteiger partial charge in [0.2, 0.25) is 0 Å². The van der Waals surface area contributed by atoms with Gasteiger partial charge in [-0.05, 0) is 49.8 Å². The summed E-state index contributed by atoms with van der Waals surface area (Å²) < 4.78 is 2.60. The number of hydrogen-bond donors (Lipinski definition) is 1. The largest absolute Gasteiger partial charge is 0.399 e. The Morgan fingerprint density at radius 1 is 1.19 bits per heavy atom. The molecule has 4 rings (SSSR count). The molecule has 2 N–H and O–H groups in total. The summed E-state index contributed by atoms with van der Waals surface area (Å²) in [6.07, 6.45) is 9.34. The summed E-state index contributed by atoms with van der Waals surface area (Å²) in [4.78, 5) is 4.96. The number of nitrogen functional groups attached to an aromatic ring is 1. The maximum absolute atomic E-state index is 5.96. The van der Waals surface area contributed by atoms with Crippen LogP contribution in [-0.2, 0) is 0 Å². The van der Waals surface area contributed by atoms with Crippen LogP contribution in [0.1, 0.15) is 69.7 Å². The monoisotopic (exact) mass is 283 g/mol. The fraction of sp³-hybridized carbons (Fsp3) is 0.611. The first-order valence-electron chi connectivity index (χ1n) is 8.55. The highest BCUT2D eigenvalue weighted by atomic mass is 15.1. The Balaban J connectivity index is 1.86. The fourth-order valence-electron chi connectivity index (χ4n) is 4.12. The summed E-state index contributed by atoms with van der Waals surface area (Å²) in [5.74, 6) is 2.84. The van der Waals surface area contributed by atoms with E-state index in [0.29, 0.717) is 12.0 Å². The second kappa shape index (κ2) is 5.04. The summed E-state index contributed by atoms with van der Waals surface area (Å²) >= 11 is 0. The normalized spacial score (nSPS) is 26.3. The number of fused-ring (bicyclic) bond motifs is 1. The molecule has 0 radical (unpaired) electrons. The Hall–Kier alpha value is -1.51. The summed E-state index contributed by atoms with van der Waals surface area (Å²) in [6, 6.07) is 6.90. The lowest BCUT2D eigenvalue weighted by Crippen LogP contribution is -2.24. The molecule has 1 aromatic carbocycles. The SMILES string of the molecule is CCC1CCCCC1n1c(C2CC2)nc2cc(N)ccc21. The van der Waals surface area contributed by atoms with Crippen LogP contribution in [0.5, 0.6) is 0 Å². The predicted molar refractivity (Wildman–Crippen MR) is 87.4 cm³/mol. The highest BCUT2D eigenvalue weighted by Crippen LogP contribution is 2.45. The van der Waals surface area contributed by atoms with E-state index in [1.54, 1.807) is 0 Å². The van der Waals surface area contributed by atoms with Crippen LogP contribution in [0, 0.1) is 5.92 Å². The van der Waals surface area contributed by atoms with Crippen molar-refractivity contribution in [2.45, 2.75) is 63.8 Å². The first-order valence-corrected chi connectivity index (χ1v) is 8.55. The maximum Gasteiger partial charge on any atom is 0.113 e. The lowest BCUT2D eigenvalue weighted by molar-refractivity contribution is 0.233. The highest BCUT2D eigenvalue weighted by Gasteiger charge is 2.34. The summed E-state index contributed by atoms with van der Waals surface area (Å²) in [5, 5.41) is 0. The molecule has 2 saturated carbocycles. The van der Waals surface area contributed by atoms with Crippen molar-refractivity contribution in [1.29, 1.82) is 0 Å². The molecular weight excluding hydrogens is 258 g/mol. The first kappa shape index (κ1) is 13.2. The Bertz CT molecular complexity index is 654. The van der Waals surface area contributed by atoms with Gasteiger partial charge >= 0.3 is 0 Å².